The van der Waals surface area contributed by atoms with Crippen molar-refractivity contribution in [1.29, 1.82) is 0 Å². The molecule has 1 atom stereocenters. The van der Waals surface area contributed by atoms with E-state index in [2.05, 4.69) is 16.0 Å². The smallest absolute Gasteiger partial charge is 0.227 e. The van der Waals surface area contributed by atoms with Gasteiger partial charge in [-0.3, -0.25) is 14.6 Å². The first-order valence-corrected chi connectivity index (χ1v) is 12.6. The number of ether oxygens (including phenoxy) is 1. The summed E-state index contributed by atoms with van der Waals surface area (Å²) in [7, 11) is 1.50. The number of aromatic nitrogens is 2. The van der Waals surface area contributed by atoms with Crippen molar-refractivity contribution in [3.8, 4) is 5.75 Å². The lowest BCUT2D eigenvalue weighted by atomic mass is 9.89. The van der Waals surface area contributed by atoms with Gasteiger partial charge >= 0.3 is 0 Å². The number of methoxy groups -OCH3 is 1. The third-order valence-electron chi connectivity index (χ3n) is 7.28. The fourth-order valence-corrected chi connectivity index (χ4v) is 5.48. The third-order valence-corrected chi connectivity index (χ3v) is 7.28. The number of carbonyl (C=O) groups excluding carboxylic acids is 1. The van der Waals surface area contributed by atoms with Gasteiger partial charge in [0.25, 0.3) is 0 Å². The lowest BCUT2D eigenvalue weighted by molar-refractivity contribution is -0.132. The third kappa shape index (κ3) is 4.22. The van der Waals surface area contributed by atoms with E-state index in [1.807, 2.05) is 53.4 Å². The highest BCUT2D eigenvalue weighted by molar-refractivity contribution is 5.87. The predicted molar refractivity (Wildman–Crippen MR) is 143 cm³/mol. The molecule has 0 radical (unpaired) electrons. The summed E-state index contributed by atoms with van der Waals surface area (Å²) < 4.78 is 11.2. The van der Waals surface area contributed by atoms with Gasteiger partial charge in [0.1, 0.15) is 12.4 Å². The van der Waals surface area contributed by atoms with Crippen LogP contribution in [0.4, 0.5) is 0 Å². The second kappa shape index (κ2) is 9.79. The number of nitrogens with zero attached hydrogens (tertiary/aromatic N) is 2. The number of benzene rings is 2. The predicted octanol–water partition coefficient (Wildman–Crippen LogP) is 4.63. The van der Waals surface area contributed by atoms with Crippen molar-refractivity contribution < 1.29 is 19.1 Å². The molecule has 2 N–H and O–H groups in total. The molecule has 0 bridgehead atoms. The van der Waals surface area contributed by atoms with Gasteiger partial charge in [0.05, 0.1) is 18.0 Å². The van der Waals surface area contributed by atoms with E-state index in [-0.39, 0.29) is 30.5 Å². The van der Waals surface area contributed by atoms with Crippen LogP contribution in [0.1, 0.15) is 40.7 Å². The van der Waals surface area contributed by atoms with Gasteiger partial charge in [0.15, 0.2) is 5.76 Å². The number of H-pyrrole nitrogens is 1. The number of amides is 1. The molecule has 0 spiro atoms. The van der Waals surface area contributed by atoms with Crippen molar-refractivity contribution in [3.63, 3.8) is 0 Å². The zero-order chi connectivity index (χ0) is 26.2. The maximum absolute atomic E-state index is 13.8. The Labute approximate surface area is 218 Å². The molecule has 38 heavy (non-hydrogen) atoms. The Hall–Kier alpha value is -4.43. The molecule has 8 nitrogen and oxygen atoms in total. The normalized spacial score (nSPS) is 14.1. The molecule has 3 aromatic heterocycles. The van der Waals surface area contributed by atoms with Crippen LogP contribution in [-0.2, 0) is 29.1 Å². The zero-order valence-electron chi connectivity index (χ0n) is 20.9. The number of aromatic amines is 1. The van der Waals surface area contributed by atoms with Crippen LogP contribution >= 0.6 is 0 Å². The molecule has 0 saturated heterocycles. The quantitative estimate of drug-likeness (QED) is 0.346. The molecular weight excluding hydrogens is 482 g/mol. The monoisotopic (exact) mass is 509 g/mol. The summed E-state index contributed by atoms with van der Waals surface area (Å²) in [5, 5.41) is 12.9. The number of pyridine rings is 1. The fourth-order valence-electron chi connectivity index (χ4n) is 5.48. The lowest BCUT2D eigenvalue weighted by Crippen LogP contribution is -2.36. The minimum absolute atomic E-state index is 0.0104. The van der Waals surface area contributed by atoms with E-state index >= 15 is 0 Å². The number of aromatic hydroxyl groups is 1. The van der Waals surface area contributed by atoms with Gasteiger partial charge in [-0.05, 0) is 35.7 Å². The van der Waals surface area contributed by atoms with Crippen molar-refractivity contribution in [2.75, 3.05) is 13.7 Å². The average Bonchev–Trinajstić information content (AvgIpc) is 3.31. The number of nitrogens with one attached hydrogen (secondary N) is 1. The van der Waals surface area contributed by atoms with E-state index in [0.29, 0.717) is 13.1 Å². The van der Waals surface area contributed by atoms with Gasteiger partial charge in [-0.1, -0.05) is 36.4 Å². The number of para-hydroxylation sites is 2. The Morgan fingerprint density at radius 2 is 1.95 bits per heavy atom. The highest BCUT2D eigenvalue weighted by Crippen LogP contribution is 2.37. The first-order valence-electron chi connectivity index (χ1n) is 12.6. The molecule has 8 heteroatoms. The first kappa shape index (κ1) is 23.9. The van der Waals surface area contributed by atoms with Crippen LogP contribution in [0.25, 0.3) is 21.8 Å². The summed E-state index contributed by atoms with van der Waals surface area (Å²) in [5.74, 6) is -0.970. The van der Waals surface area contributed by atoms with Crippen LogP contribution in [0.5, 0.6) is 5.75 Å². The number of fused-ring (bicyclic) bond motifs is 4. The van der Waals surface area contributed by atoms with E-state index in [9.17, 15) is 14.7 Å². The van der Waals surface area contributed by atoms with Crippen molar-refractivity contribution in [2.24, 2.45) is 0 Å². The van der Waals surface area contributed by atoms with E-state index in [0.717, 1.165) is 34.1 Å². The Morgan fingerprint density at radius 3 is 2.79 bits per heavy atom. The topological polar surface area (TPSA) is 109 Å². The maximum Gasteiger partial charge on any atom is 0.227 e. The molecule has 5 aromatic rings. The van der Waals surface area contributed by atoms with Gasteiger partial charge in [-0.25, -0.2) is 0 Å². The van der Waals surface area contributed by atoms with Gasteiger partial charge < -0.3 is 24.1 Å². The van der Waals surface area contributed by atoms with Crippen LogP contribution in [-0.4, -0.2) is 39.5 Å². The van der Waals surface area contributed by atoms with E-state index < -0.39 is 17.1 Å². The Kier molecular flexibility index (Phi) is 6.17. The Balaban J connectivity index is 1.40. The molecule has 0 unspecified atom stereocenters. The molecule has 0 saturated carbocycles. The van der Waals surface area contributed by atoms with Crippen molar-refractivity contribution >= 4 is 27.7 Å². The fraction of sp³-hybridized carbons (Fsp3) is 0.233. The Morgan fingerprint density at radius 1 is 1.16 bits per heavy atom. The molecule has 1 aliphatic heterocycles. The molecular formula is C30H27N3O5. The molecule has 6 rings (SSSR count). The minimum atomic E-state index is -0.705. The van der Waals surface area contributed by atoms with E-state index in [1.165, 1.54) is 24.1 Å². The van der Waals surface area contributed by atoms with Crippen LogP contribution in [0.3, 0.4) is 0 Å². The molecule has 1 aliphatic rings. The Bertz CT molecular complexity index is 1720. The molecule has 1 amide bonds. The standard InChI is InChI=1S/C30H27N3O5/c1-37-17-18-14-27(34)29(36)30(38-18)23(19-10-12-31-24-8-4-2-6-20(19)24)15-28(35)33-13-11-22-21-7-3-5-9-25(21)32-26(22)16-33/h2-10,12,14,23,32,36H,11,13,15-17H2,1H3/t23-/m0/s1. The molecule has 0 fully saturated rings. The number of rotatable bonds is 6. The van der Waals surface area contributed by atoms with Crippen molar-refractivity contribution in [3.05, 3.63) is 105 Å². The summed E-state index contributed by atoms with van der Waals surface area (Å²) in [6, 6.07) is 18.8. The van der Waals surface area contributed by atoms with Crippen molar-refractivity contribution in [1.82, 2.24) is 14.9 Å². The summed E-state index contributed by atoms with van der Waals surface area (Å²) in [6.45, 7) is 1.11. The highest BCUT2D eigenvalue weighted by atomic mass is 16.5. The number of hydrogen-bond acceptors (Lipinski definition) is 6. The largest absolute Gasteiger partial charge is 0.502 e. The second-order valence-electron chi connectivity index (χ2n) is 9.59. The first-order chi connectivity index (χ1) is 18.5. The van der Waals surface area contributed by atoms with Crippen molar-refractivity contribution in [2.45, 2.75) is 31.9 Å². The summed E-state index contributed by atoms with van der Waals surface area (Å²) in [5.41, 5.74) is 4.27. The zero-order valence-corrected chi connectivity index (χ0v) is 20.9. The van der Waals surface area contributed by atoms with Gasteiger partial charge in [0.2, 0.25) is 17.1 Å². The van der Waals surface area contributed by atoms with E-state index in [1.54, 1.807) is 6.20 Å². The number of carbonyl (C=O) groups is 1. The van der Waals surface area contributed by atoms with Gasteiger partial charge in [0, 0.05) is 54.3 Å². The summed E-state index contributed by atoms with van der Waals surface area (Å²) in [4.78, 5) is 36.2. The van der Waals surface area contributed by atoms with Crippen LogP contribution < -0.4 is 5.43 Å². The summed E-state index contributed by atoms with van der Waals surface area (Å²) in [6.07, 6.45) is 2.43. The van der Waals surface area contributed by atoms with Gasteiger partial charge in [-0.2, -0.15) is 0 Å². The minimum Gasteiger partial charge on any atom is -0.502 e. The summed E-state index contributed by atoms with van der Waals surface area (Å²) >= 11 is 0. The van der Waals surface area contributed by atoms with Gasteiger partial charge in [-0.15, -0.1) is 0 Å². The maximum atomic E-state index is 13.8. The van der Waals surface area contributed by atoms with Crippen LogP contribution in [0.2, 0.25) is 0 Å². The average molecular weight is 510 g/mol. The second-order valence-corrected chi connectivity index (χ2v) is 9.59. The van der Waals surface area contributed by atoms with Crippen LogP contribution in [0, 0.1) is 0 Å². The lowest BCUT2D eigenvalue weighted by Gasteiger charge is -2.29. The SMILES string of the molecule is COCc1cc(=O)c(O)c([C@@H](CC(=O)N2CCc3c([nH]c4ccccc34)C2)c2ccnc3ccccc23)o1. The number of hydrogen-bond donors (Lipinski definition) is 2. The molecule has 2 aromatic carbocycles. The molecule has 192 valence electrons. The van der Waals surface area contributed by atoms with Crippen LogP contribution in [0.15, 0.2) is 76.1 Å². The molecule has 0 aliphatic carbocycles. The highest BCUT2D eigenvalue weighted by Gasteiger charge is 2.31. The molecule has 4 heterocycles. The van der Waals surface area contributed by atoms with E-state index in [4.69, 9.17) is 9.15 Å².